The van der Waals surface area contributed by atoms with Crippen molar-refractivity contribution in [3.05, 3.63) is 29.6 Å². The molecule has 0 saturated carbocycles. The van der Waals surface area contributed by atoms with Crippen LogP contribution in [0, 0.1) is 11.7 Å². The Kier molecular flexibility index (Phi) is 6.42. The van der Waals surface area contributed by atoms with Crippen LogP contribution in [0.3, 0.4) is 0 Å². The minimum Gasteiger partial charge on any atom is -0.396 e. The van der Waals surface area contributed by atoms with Crippen molar-refractivity contribution in [3.8, 4) is 0 Å². The van der Waals surface area contributed by atoms with E-state index in [1.54, 1.807) is 13.2 Å². The molecule has 1 heterocycles. The number of hydrogen-bond donors (Lipinski definition) is 2. The molecule has 21 heavy (non-hydrogen) atoms. The highest BCUT2D eigenvalue weighted by Gasteiger charge is 2.22. The fourth-order valence-electron chi connectivity index (χ4n) is 2.79. The number of piperidine rings is 1. The molecule has 4 nitrogen and oxygen atoms in total. The lowest BCUT2D eigenvalue weighted by Gasteiger charge is -2.34. The third kappa shape index (κ3) is 4.40. The number of hydrogen-bond acceptors (Lipinski definition) is 4. The second kappa shape index (κ2) is 8.32. The summed E-state index contributed by atoms with van der Waals surface area (Å²) < 4.78 is 19.2. The normalized spacial score (nSPS) is 16.4. The van der Waals surface area contributed by atoms with Crippen LogP contribution in [0.25, 0.3) is 0 Å². The van der Waals surface area contributed by atoms with Crippen molar-refractivity contribution in [2.24, 2.45) is 5.92 Å². The van der Waals surface area contributed by atoms with E-state index in [4.69, 9.17) is 4.74 Å². The van der Waals surface area contributed by atoms with Crippen molar-refractivity contribution in [3.63, 3.8) is 0 Å². The van der Waals surface area contributed by atoms with Gasteiger partial charge in [0.05, 0.1) is 12.3 Å². The highest BCUT2D eigenvalue weighted by atomic mass is 19.1. The molecule has 118 valence electrons. The van der Waals surface area contributed by atoms with Gasteiger partial charge in [0.25, 0.3) is 0 Å². The first kappa shape index (κ1) is 16.2. The number of rotatable bonds is 7. The molecule has 5 heteroatoms. The molecule has 0 aromatic heterocycles. The Balaban J connectivity index is 2.03. The van der Waals surface area contributed by atoms with Gasteiger partial charge in [-0.05, 0) is 30.4 Å². The number of aliphatic hydroxyl groups is 1. The van der Waals surface area contributed by atoms with Crippen LogP contribution in [0.2, 0.25) is 0 Å². The van der Waals surface area contributed by atoms with Crippen LogP contribution < -0.4 is 10.2 Å². The van der Waals surface area contributed by atoms with Gasteiger partial charge in [0.2, 0.25) is 0 Å². The van der Waals surface area contributed by atoms with E-state index in [0.717, 1.165) is 38.0 Å². The van der Waals surface area contributed by atoms with Gasteiger partial charge < -0.3 is 20.1 Å². The predicted molar refractivity (Wildman–Crippen MR) is 82.0 cm³/mol. The molecular formula is C16H25FN2O2. The molecule has 1 aromatic carbocycles. The summed E-state index contributed by atoms with van der Waals surface area (Å²) in [6, 6.07) is 5.25. The summed E-state index contributed by atoms with van der Waals surface area (Å²) in [7, 11) is 1.67. The van der Waals surface area contributed by atoms with Crippen molar-refractivity contribution >= 4 is 5.69 Å². The van der Waals surface area contributed by atoms with Gasteiger partial charge in [-0.1, -0.05) is 12.1 Å². The van der Waals surface area contributed by atoms with Crippen LogP contribution in [-0.4, -0.2) is 45.1 Å². The zero-order valence-corrected chi connectivity index (χ0v) is 12.6. The van der Waals surface area contributed by atoms with E-state index in [9.17, 15) is 9.50 Å². The summed E-state index contributed by atoms with van der Waals surface area (Å²) in [6.07, 6.45) is 1.84. The monoisotopic (exact) mass is 296 g/mol. The second-order valence-electron chi connectivity index (χ2n) is 5.53. The maximum atomic E-state index is 14.2. The molecule has 1 fully saturated rings. The average molecular weight is 296 g/mol. The number of aliphatic hydroxyl groups excluding tert-OH is 1. The molecule has 1 aliphatic heterocycles. The van der Waals surface area contributed by atoms with Crippen LogP contribution in [-0.2, 0) is 11.3 Å². The third-order valence-corrected chi connectivity index (χ3v) is 4.06. The molecule has 1 aliphatic rings. The smallest absolute Gasteiger partial charge is 0.146 e. The molecule has 0 aliphatic carbocycles. The van der Waals surface area contributed by atoms with Crippen LogP contribution in [0.1, 0.15) is 18.4 Å². The Hall–Kier alpha value is -1.17. The lowest BCUT2D eigenvalue weighted by Crippen LogP contribution is -2.36. The maximum Gasteiger partial charge on any atom is 0.146 e. The first-order chi connectivity index (χ1) is 10.3. The van der Waals surface area contributed by atoms with Crippen molar-refractivity contribution < 1.29 is 14.2 Å². The molecule has 0 atom stereocenters. The fraction of sp³-hybridized carbons (Fsp3) is 0.625. The first-order valence-corrected chi connectivity index (χ1v) is 7.59. The number of methoxy groups -OCH3 is 1. The van der Waals surface area contributed by atoms with E-state index in [1.165, 1.54) is 6.07 Å². The van der Waals surface area contributed by atoms with Gasteiger partial charge in [0.15, 0.2) is 0 Å². The molecule has 2 rings (SSSR count). The SMILES string of the molecule is COCCNCc1cccc(F)c1N1CCC(CO)CC1. The Morgan fingerprint density at radius 1 is 1.38 bits per heavy atom. The predicted octanol–water partition coefficient (Wildman–Crippen LogP) is 1.77. The van der Waals surface area contributed by atoms with Crippen molar-refractivity contribution in [1.29, 1.82) is 0 Å². The minimum atomic E-state index is -0.163. The average Bonchev–Trinajstić information content (AvgIpc) is 2.52. The van der Waals surface area contributed by atoms with E-state index in [-0.39, 0.29) is 12.4 Å². The van der Waals surface area contributed by atoms with Gasteiger partial charge in [0.1, 0.15) is 5.82 Å². The van der Waals surface area contributed by atoms with Crippen LogP contribution in [0.15, 0.2) is 18.2 Å². The Bertz CT molecular complexity index is 434. The number of halogens is 1. The minimum absolute atomic E-state index is 0.163. The van der Waals surface area contributed by atoms with Gasteiger partial charge in [-0.2, -0.15) is 0 Å². The molecular weight excluding hydrogens is 271 g/mol. The molecule has 0 amide bonds. The lowest BCUT2D eigenvalue weighted by atomic mass is 9.96. The molecule has 2 N–H and O–H groups in total. The van der Waals surface area contributed by atoms with Gasteiger partial charge in [0, 0.05) is 39.9 Å². The van der Waals surface area contributed by atoms with Crippen LogP contribution in [0.5, 0.6) is 0 Å². The highest BCUT2D eigenvalue weighted by molar-refractivity contribution is 5.55. The third-order valence-electron chi connectivity index (χ3n) is 4.06. The van der Waals surface area contributed by atoms with E-state index in [0.29, 0.717) is 24.8 Å². The van der Waals surface area contributed by atoms with E-state index >= 15 is 0 Å². The Labute approximate surface area is 125 Å². The van der Waals surface area contributed by atoms with E-state index in [2.05, 4.69) is 10.2 Å². The summed E-state index contributed by atoms with van der Waals surface area (Å²) in [5, 5.41) is 12.5. The molecule has 0 spiro atoms. The Morgan fingerprint density at radius 3 is 2.81 bits per heavy atom. The number of anilines is 1. The first-order valence-electron chi connectivity index (χ1n) is 7.59. The molecule has 1 saturated heterocycles. The summed E-state index contributed by atoms with van der Waals surface area (Å²) in [6.45, 7) is 3.87. The van der Waals surface area contributed by atoms with Crippen LogP contribution >= 0.6 is 0 Å². The summed E-state index contributed by atoms with van der Waals surface area (Å²) in [5.41, 5.74) is 1.69. The fourth-order valence-corrected chi connectivity index (χ4v) is 2.79. The van der Waals surface area contributed by atoms with Crippen LogP contribution in [0.4, 0.5) is 10.1 Å². The zero-order valence-electron chi connectivity index (χ0n) is 12.6. The highest BCUT2D eigenvalue weighted by Crippen LogP contribution is 2.29. The molecule has 0 bridgehead atoms. The summed E-state index contributed by atoms with van der Waals surface area (Å²) in [5.74, 6) is 0.194. The van der Waals surface area contributed by atoms with Gasteiger partial charge in [-0.25, -0.2) is 4.39 Å². The van der Waals surface area contributed by atoms with Gasteiger partial charge in [-0.3, -0.25) is 0 Å². The largest absolute Gasteiger partial charge is 0.396 e. The Morgan fingerprint density at radius 2 is 2.14 bits per heavy atom. The zero-order chi connectivity index (χ0) is 15.1. The van der Waals surface area contributed by atoms with E-state index in [1.807, 2.05) is 6.07 Å². The molecule has 1 aromatic rings. The van der Waals surface area contributed by atoms with E-state index < -0.39 is 0 Å². The number of nitrogens with one attached hydrogen (secondary N) is 1. The molecule has 0 radical (unpaired) electrons. The van der Waals surface area contributed by atoms with Crippen molar-refractivity contribution in [1.82, 2.24) is 5.32 Å². The summed E-state index contributed by atoms with van der Waals surface area (Å²) >= 11 is 0. The topological polar surface area (TPSA) is 44.7 Å². The lowest BCUT2D eigenvalue weighted by molar-refractivity contribution is 0.199. The quantitative estimate of drug-likeness (QED) is 0.753. The van der Waals surface area contributed by atoms with Crippen molar-refractivity contribution in [2.45, 2.75) is 19.4 Å². The number of ether oxygens (including phenoxy) is 1. The van der Waals surface area contributed by atoms with Crippen molar-refractivity contribution in [2.75, 3.05) is 44.9 Å². The number of benzene rings is 1. The number of para-hydroxylation sites is 1. The summed E-state index contributed by atoms with van der Waals surface area (Å²) in [4.78, 5) is 2.11. The standard InChI is InChI=1S/C16H25FN2O2/c1-21-10-7-18-11-14-3-2-4-15(17)16(14)19-8-5-13(12-20)6-9-19/h2-4,13,18,20H,5-12H2,1H3. The van der Waals surface area contributed by atoms with Gasteiger partial charge >= 0.3 is 0 Å². The molecule has 0 unspecified atom stereocenters. The number of nitrogens with zero attached hydrogens (tertiary/aromatic N) is 1. The van der Waals surface area contributed by atoms with Gasteiger partial charge in [-0.15, -0.1) is 0 Å². The second-order valence-corrected chi connectivity index (χ2v) is 5.53. The maximum absolute atomic E-state index is 14.2.